The normalized spacial score (nSPS) is 17.2. The van der Waals surface area contributed by atoms with E-state index in [2.05, 4.69) is 80.7 Å². The molecule has 2 aliphatic rings. The van der Waals surface area contributed by atoms with Gasteiger partial charge in [-0.3, -0.25) is 4.40 Å². The summed E-state index contributed by atoms with van der Waals surface area (Å²) < 4.78 is 7.74. The molecule has 2 aromatic heterocycles. The van der Waals surface area contributed by atoms with Crippen molar-refractivity contribution < 1.29 is 4.74 Å². The maximum atomic E-state index is 5.67. The van der Waals surface area contributed by atoms with E-state index in [0.717, 1.165) is 74.1 Å². The van der Waals surface area contributed by atoms with Crippen LogP contribution in [0.25, 0.3) is 22.3 Å². The maximum Gasteiger partial charge on any atom is 0.194 e. The van der Waals surface area contributed by atoms with Crippen molar-refractivity contribution >= 4 is 40.5 Å². The molecule has 7 nitrogen and oxygen atoms in total. The van der Waals surface area contributed by atoms with Crippen LogP contribution in [-0.2, 0) is 4.74 Å². The van der Waals surface area contributed by atoms with Crippen molar-refractivity contribution in [3.8, 4) is 11.3 Å². The van der Waals surface area contributed by atoms with E-state index >= 15 is 0 Å². The number of ether oxygens (including phenoxy) is 1. The van der Waals surface area contributed by atoms with Gasteiger partial charge in [0, 0.05) is 54.7 Å². The minimum Gasteiger partial charge on any atom is -0.378 e. The summed E-state index contributed by atoms with van der Waals surface area (Å²) in [4.78, 5) is 10.6. The second kappa shape index (κ2) is 12.7. The number of benzene rings is 2. The summed E-state index contributed by atoms with van der Waals surface area (Å²) in [6.45, 7) is 9.70. The fourth-order valence-electron chi connectivity index (χ4n) is 5.67. The predicted octanol–water partition coefficient (Wildman–Crippen LogP) is 6.78. The number of rotatable bonds is 9. The van der Waals surface area contributed by atoms with Crippen LogP contribution in [0, 0.1) is 0 Å². The SMILES string of the molecule is CCN(CC)c1ccc(/C=C2\CCC(/C=N/N=C/c3c(-c4ccccc4)nc4sccn34)=C2N2CCOCC2)cc1. The zero-order valence-electron chi connectivity index (χ0n) is 23.7. The summed E-state index contributed by atoms with van der Waals surface area (Å²) in [7, 11) is 0. The van der Waals surface area contributed by atoms with Gasteiger partial charge in [0.15, 0.2) is 4.96 Å². The molecule has 8 heteroatoms. The molecular weight excluding hydrogens is 528 g/mol. The first kappa shape index (κ1) is 27.2. The van der Waals surface area contributed by atoms with Gasteiger partial charge < -0.3 is 14.5 Å². The number of nitrogens with zero attached hydrogens (tertiary/aromatic N) is 6. The van der Waals surface area contributed by atoms with Crippen LogP contribution in [0.3, 0.4) is 0 Å². The third kappa shape index (κ3) is 5.89. The Kier molecular flexibility index (Phi) is 8.39. The smallest absolute Gasteiger partial charge is 0.194 e. The van der Waals surface area contributed by atoms with Gasteiger partial charge in [-0.15, -0.1) is 11.3 Å². The van der Waals surface area contributed by atoms with E-state index < -0.39 is 0 Å². The third-order valence-electron chi connectivity index (χ3n) is 7.77. The van der Waals surface area contributed by atoms with Gasteiger partial charge in [-0.05, 0) is 61.6 Å². The molecule has 0 spiro atoms. The first-order valence-corrected chi connectivity index (χ1v) is 15.3. The number of imidazole rings is 1. The van der Waals surface area contributed by atoms with Crippen LogP contribution in [-0.4, -0.2) is 66.1 Å². The number of allylic oxidation sites excluding steroid dienone is 2. The number of hydrogen-bond donors (Lipinski definition) is 0. The van der Waals surface area contributed by atoms with E-state index in [0.29, 0.717) is 0 Å². The lowest BCUT2D eigenvalue weighted by Crippen LogP contribution is -2.36. The number of morpholine rings is 1. The van der Waals surface area contributed by atoms with E-state index in [4.69, 9.17) is 9.72 Å². The second-order valence-corrected chi connectivity index (χ2v) is 11.0. The van der Waals surface area contributed by atoms with Crippen molar-refractivity contribution in [2.75, 3.05) is 44.3 Å². The van der Waals surface area contributed by atoms with Crippen LogP contribution in [0.5, 0.6) is 0 Å². The van der Waals surface area contributed by atoms with Gasteiger partial charge in [0.25, 0.3) is 0 Å². The van der Waals surface area contributed by atoms with Gasteiger partial charge in [-0.2, -0.15) is 10.2 Å². The monoisotopic (exact) mass is 564 g/mol. The highest BCUT2D eigenvalue weighted by molar-refractivity contribution is 7.15. The van der Waals surface area contributed by atoms with E-state index in [1.165, 1.54) is 28.1 Å². The Balaban J connectivity index is 1.28. The molecule has 4 aromatic rings. The van der Waals surface area contributed by atoms with Gasteiger partial charge in [0.05, 0.1) is 37.0 Å². The minimum absolute atomic E-state index is 0.748. The zero-order valence-corrected chi connectivity index (χ0v) is 24.6. The molecule has 0 radical (unpaired) electrons. The van der Waals surface area contributed by atoms with Crippen molar-refractivity contribution in [2.24, 2.45) is 10.2 Å². The average Bonchev–Trinajstić information content (AvgIpc) is 3.73. The molecule has 0 unspecified atom stereocenters. The van der Waals surface area contributed by atoms with Crippen LogP contribution in [0.1, 0.15) is 37.9 Å². The molecule has 6 rings (SSSR count). The molecule has 1 saturated heterocycles. The van der Waals surface area contributed by atoms with Gasteiger partial charge in [0.1, 0.15) is 0 Å². The highest BCUT2D eigenvalue weighted by Gasteiger charge is 2.25. The summed E-state index contributed by atoms with van der Waals surface area (Å²) in [5, 5.41) is 11.1. The molecule has 1 aliphatic carbocycles. The van der Waals surface area contributed by atoms with Crippen LogP contribution in [0.2, 0.25) is 0 Å². The summed E-state index contributed by atoms with van der Waals surface area (Å²) >= 11 is 1.62. The molecule has 0 bridgehead atoms. The highest BCUT2D eigenvalue weighted by atomic mass is 32.1. The summed E-state index contributed by atoms with van der Waals surface area (Å²) in [5.41, 5.74) is 9.30. The van der Waals surface area contributed by atoms with Gasteiger partial charge in [-0.1, -0.05) is 42.5 Å². The first-order valence-electron chi connectivity index (χ1n) is 14.4. The Morgan fingerprint density at radius 1 is 0.951 bits per heavy atom. The molecule has 1 fully saturated rings. The molecular formula is C33H36N6OS. The number of anilines is 1. The Bertz CT molecular complexity index is 1590. The minimum atomic E-state index is 0.748. The molecule has 0 amide bonds. The lowest BCUT2D eigenvalue weighted by Gasteiger charge is -2.31. The number of thiazole rings is 1. The number of fused-ring (bicyclic) bond motifs is 1. The molecule has 3 heterocycles. The molecule has 41 heavy (non-hydrogen) atoms. The van der Waals surface area contributed by atoms with E-state index in [1.807, 2.05) is 42.2 Å². The largest absolute Gasteiger partial charge is 0.378 e. The van der Waals surface area contributed by atoms with E-state index in [1.54, 1.807) is 11.3 Å². The molecule has 0 atom stereocenters. The zero-order chi connectivity index (χ0) is 28.0. The Labute approximate surface area is 245 Å². The quantitative estimate of drug-likeness (QED) is 0.166. The van der Waals surface area contributed by atoms with Gasteiger partial charge in [-0.25, -0.2) is 4.98 Å². The van der Waals surface area contributed by atoms with Crippen molar-refractivity contribution in [3.63, 3.8) is 0 Å². The Morgan fingerprint density at radius 2 is 1.71 bits per heavy atom. The third-order valence-corrected chi connectivity index (χ3v) is 8.53. The fraction of sp³-hybridized carbons (Fsp3) is 0.303. The number of hydrogen-bond acceptors (Lipinski definition) is 7. The van der Waals surface area contributed by atoms with Crippen LogP contribution < -0.4 is 4.90 Å². The van der Waals surface area contributed by atoms with E-state index in [-0.39, 0.29) is 0 Å². The topological polar surface area (TPSA) is 57.7 Å². The van der Waals surface area contributed by atoms with Gasteiger partial charge in [0.2, 0.25) is 0 Å². The lowest BCUT2D eigenvalue weighted by atomic mass is 10.1. The van der Waals surface area contributed by atoms with Crippen molar-refractivity contribution in [2.45, 2.75) is 26.7 Å². The first-order chi connectivity index (χ1) is 20.2. The molecule has 1 aliphatic heterocycles. The lowest BCUT2D eigenvalue weighted by molar-refractivity contribution is 0.0548. The van der Waals surface area contributed by atoms with Crippen molar-refractivity contribution in [1.82, 2.24) is 14.3 Å². The number of aromatic nitrogens is 2. The summed E-state index contributed by atoms with van der Waals surface area (Å²) in [6, 6.07) is 19.2. The average molecular weight is 565 g/mol. The van der Waals surface area contributed by atoms with Crippen molar-refractivity contribution in [1.29, 1.82) is 0 Å². The van der Waals surface area contributed by atoms with Crippen LogP contribution in [0.15, 0.2) is 93.2 Å². The highest BCUT2D eigenvalue weighted by Crippen LogP contribution is 2.35. The summed E-state index contributed by atoms with van der Waals surface area (Å²) in [6.07, 6.45) is 10.1. The fourth-order valence-corrected chi connectivity index (χ4v) is 6.39. The molecule has 0 N–H and O–H groups in total. The maximum absolute atomic E-state index is 5.67. The molecule has 2 aromatic carbocycles. The standard InChI is InChI=1S/C33H36N6OS/c1-3-37(4-2)29-14-10-25(11-15-29)22-27-12-13-28(32(27)38-16-19-40-20-17-38)23-34-35-24-30-31(26-8-6-5-7-9-26)36-33-39(30)18-21-41-33/h5-11,14-15,18,21-24H,3-4,12-13,16-17,19-20H2,1-2H3/b27-22+,34-23+,35-24+. The van der Waals surface area contributed by atoms with Crippen LogP contribution in [0.4, 0.5) is 5.69 Å². The van der Waals surface area contributed by atoms with Crippen LogP contribution >= 0.6 is 11.3 Å². The molecule has 210 valence electrons. The Morgan fingerprint density at radius 3 is 2.46 bits per heavy atom. The molecule has 0 saturated carbocycles. The second-order valence-electron chi connectivity index (χ2n) is 10.2. The predicted molar refractivity (Wildman–Crippen MR) is 171 cm³/mol. The Hall–Kier alpha value is -4.01. The van der Waals surface area contributed by atoms with E-state index in [9.17, 15) is 0 Å². The van der Waals surface area contributed by atoms with Gasteiger partial charge >= 0.3 is 0 Å². The summed E-state index contributed by atoms with van der Waals surface area (Å²) in [5.74, 6) is 0. The van der Waals surface area contributed by atoms with Crippen molar-refractivity contribution in [3.05, 3.63) is 94.3 Å².